The highest BCUT2D eigenvalue weighted by Crippen LogP contribution is 2.61. The summed E-state index contributed by atoms with van der Waals surface area (Å²) >= 11 is 1.50. The van der Waals surface area contributed by atoms with Crippen molar-refractivity contribution in [1.29, 1.82) is 0 Å². The first-order chi connectivity index (χ1) is 17.4. The summed E-state index contributed by atoms with van der Waals surface area (Å²) in [5.41, 5.74) is 1.84. The van der Waals surface area contributed by atoms with Crippen LogP contribution in [0.25, 0.3) is 0 Å². The molecule has 2 fully saturated rings. The molecule has 5 rings (SSSR count). The molecule has 0 aliphatic carbocycles. The molecule has 4 aliphatic rings. The maximum absolute atomic E-state index is 14.3. The zero-order valence-corrected chi connectivity index (χ0v) is 21.7. The Hall–Kier alpha value is -2.78. The lowest BCUT2D eigenvalue weighted by atomic mass is 9.78. The fourth-order valence-electron chi connectivity index (χ4n) is 6.13. The molecule has 192 valence electrons. The largest absolute Gasteiger partial charge is 0.461 e. The Morgan fingerprint density at radius 3 is 2.53 bits per heavy atom. The van der Waals surface area contributed by atoms with Crippen molar-refractivity contribution < 1.29 is 24.2 Å². The topological polar surface area (TPSA) is 90.4 Å². The molecule has 9 heteroatoms. The van der Waals surface area contributed by atoms with Crippen molar-refractivity contribution >= 4 is 40.9 Å². The Morgan fingerprint density at radius 2 is 1.86 bits per heavy atom. The summed E-state index contributed by atoms with van der Waals surface area (Å²) in [7, 11) is 0. The second-order valence-corrected chi connectivity index (χ2v) is 11.2. The van der Waals surface area contributed by atoms with Gasteiger partial charge in [-0.05, 0) is 45.0 Å². The van der Waals surface area contributed by atoms with Crippen LogP contribution < -0.4 is 9.80 Å². The number of esters is 1. The van der Waals surface area contributed by atoms with E-state index in [9.17, 15) is 19.5 Å². The summed E-state index contributed by atoms with van der Waals surface area (Å²) < 4.78 is 4.47. The molecule has 0 saturated carbocycles. The maximum Gasteiger partial charge on any atom is 0.311 e. The smallest absolute Gasteiger partial charge is 0.311 e. The first-order valence-corrected chi connectivity index (χ1v) is 13.5. The third kappa shape index (κ3) is 3.66. The Balaban J connectivity index is 1.56. The maximum atomic E-state index is 14.3. The van der Waals surface area contributed by atoms with Gasteiger partial charge in [0.15, 0.2) is 0 Å². The molecule has 1 spiro atoms. The van der Waals surface area contributed by atoms with Crippen LogP contribution in [0.5, 0.6) is 0 Å². The summed E-state index contributed by atoms with van der Waals surface area (Å²) in [6.45, 7) is 8.00. The number of hydrogen-bond acceptors (Lipinski definition) is 7. The Kier molecular flexibility index (Phi) is 6.63. The molecule has 2 saturated heterocycles. The number of nitrogens with zero attached hydrogens (tertiary/aromatic N) is 3. The second-order valence-electron chi connectivity index (χ2n) is 9.72. The molecule has 1 unspecified atom stereocenters. The van der Waals surface area contributed by atoms with E-state index in [2.05, 4.69) is 18.7 Å². The van der Waals surface area contributed by atoms with E-state index in [-0.39, 0.29) is 30.3 Å². The molecule has 2 amide bonds. The van der Waals surface area contributed by atoms with Gasteiger partial charge in [0.05, 0.1) is 29.2 Å². The van der Waals surface area contributed by atoms with E-state index >= 15 is 0 Å². The van der Waals surface area contributed by atoms with Gasteiger partial charge >= 0.3 is 5.97 Å². The highest BCUT2D eigenvalue weighted by Gasteiger charge is 2.71. The quantitative estimate of drug-likeness (QED) is 0.463. The highest BCUT2D eigenvalue weighted by atomic mass is 32.2. The number of aliphatic hydroxyl groups is 1. The molecule has 1 aromatic rings. The standard InChI is InChI=1S/C27H33N3O5S/c1-4-28(5-2)18-9-11-19(12-10-18)29-14-7-13-27-22(21-20(36-27)8-6-15-35-26(21)34)24(32)30(17(3)16-31)23(27)25(29)33/h6-13,17,20-23,31H,4-5,14-16H2,1-3H3/t17-,20-,21+,22+,23?,27+/m1/s1. The molecule has 36 heavy (non-hydrogen) atoms. The number of likely N-dealkylation sites (tertiary alicyclic amines) is 1. The Morgan fingerprint density at radius 1 is 1.14 bits per heavy atom. The zero-order valence-electron chi connectivity index (χ0n) is 20.9. The third-order valence-corrected chi connectivity index (χ3v) is 9.62. The number of rotatable bonds is 6. The number of carbonyl (C=O) groups is 3. The van der Waals surface area contributed by atoms with E-state index in [1.54, 1.807) is 11.8 Å². The van der Waals surface area contributed by atoms with Crippen LogP contribution in [0.15, 0.2) is 48.6 Å². The fourth-order valence-corrected chi connectivity index (χ4v) is 8.12. The van der Waals surface area contributed by atoms with E-state index < -0.39 is 34.6 Å². The average Bonchev–Trinajstić information content (AvgIpc) is 3.19. The van der Waals surface area contributed by atoms with Gasteiger partial charge in [-0.3, -0.25) is 14.4 Å². The van der Waals surface area contributed by atoms with Crippen molar-refractivity contribution in [3.63, 3.8) is 0 Å². The molecule has 4 heterocycles. The van der Waals surface area contributed by atoms with Crippen molar-refractivity contribution in [2.24, 2.45) is 11.8 Å². The number of benzene rings is 1. The molecular weight excluding hydrogens is 478 g/mol. The summed E-state index contributed by atoms with van der Waals surface area (Å²) in [4.78, 5) is 46.6. The third-order valence-electron chi connectivity index (χ3n) is 7.88. The normalized spacial score (nSPS) is 31.9. The minimum absolute atomic E-state index is 0.187. The van der Waals surface area contributed by atoms with Crippen molar-refractivity contribution in [1.82, 2.24) is 4.90 Å². The first kappa shape index (κ1) is 24.9. The minimum Gasteiger partial charge on any atom is -0.461 e. The van der Waals surface area contributed by atoms with Gasteiger partial charge in [-0.15, -0.1) is 11.8 Å². The van der Waals surface area contributed by atoms with Crippen LogP contribution in [0.1, 0.15) is 20.8 Å². The monoisotopic (exact) mass is 511 g/mol. The lowest BCUT2D eigenvalue weighted by Crippen LogP contribution is -2.56. The van der Waals surface area contributed by atoms with Crippen LogP contribution >= 0.6 is 11.8 Å². The van der Waals surface area contributed by atoms with Gasteiger partial charge < -0.3 is 24.5 Å². The molecule has 1 aromatic carbocycles. The molecule has 0 aromatic heterocycles. The number of fused-ring (bicyclic) bond motifs is 2. The minimum atomic E-state index is -0.913. The van der Waals surface area contributed by atoms with E-state index in [0.29, 0.717) is 6.54 Å². The molecular formula is C27H33N3O5S. The van der Waals surface area contributed by atoms with Crippen LogP contribution in [0.3, 0.4) is 0 Å². The molecule has 0 bridgehead atoms. The van der Waals surface area contributed by atoms with Gasteiger partial charge in [0.2, 0.25) is 5.91 Å². The van der Waals surface area contributed by atoms with Crippen LogP contribution in [-0.4, -0.2) is 82.7 Å². The van der Waals surface area contributed by atoms with Crippen LogP contribution in [0.2, 0.25) is 0 Å². The lowest BCUT2D eigenvalue weighted by molar-refractivity contribution is -0.152. The highest BCUT2D eigenvalue weighted by molar-refractivity contribution is 8.02. The van der Waals surface area contributed by atoms with Crippen molar-refractivity contribution in [2.45, 2.75) is 42.9 Å². The fraction of sp³-hybridized carbons (Fsp3) is 0.519. The number of thioether (sulfide) groups is 1. The zero-order chi connectivity index (χ0) is 25.6. The van der Waals surface area contributed by atoms with E-state index in [1.807, 2.05) is 48.6 Å². The summed E-state index contributed by atoms with van der Waals surface area (Å²) in [6, 6.07) is 6.51. The molecule has 1 N–H and O–H groups in total. The Bertz CT molecular complexity index is 1100. The van der Waals surface area contributed by atoms with Gasteiger partial charge in [-0.2, -0.15) is 0 Å². The number of ether oxygens (including phenoxy) is 1. The number of aliphatic hydroxyl groups excluding tert-OH is 1. The van der Waals surface area contributed by atoms with E-state index in [4.69, 9.17) is 4.74 Å². The van der Waals surface area contributed by atoms with E-state index in [0.717, 1.165) is 24.5 Å². The molecule has 0 radical (unpaired) electrons. The molecule has 4 aliphatic heterocycles. The Labute approximate surface area is 215 Å². The number of anilines is 2. The number of amides is 2. The summed E-state index contributed by atoms with van der Waals surface area (Å²) in [5.74, 6) is -2.28. The van der Waals surface area contributed by atoms with Crippen LogP contribution in [-0.2, 0) is 19.1 Å². The summed E-state index contributed by atoms with van der Waals surface area (Å²) in [6.07, 6.45) is 7.65. The van der Waals surface area contributed by atoms with Crippen molar-refractivity contribution in [3.8, 4) is 0 Å². The van der Waals surface area contributed by atoms with Crippen molar-refractivity contribution in [3.05, 3.63) is 48.6 Å². The van der Waals surface area contributed by atoms with Crippen LogP contribution in [0, 0.1) is 11.8 Å². The van der Waals surface area contributed by atoms with Gasteiger partial charge in [-0.25, -0.2) is 0 Å². The van der Waals surface area contributed by atoms with Gasteiger partial charge in [-0.1, -0.05) is 24.3 Å². The lowest BCUT2D eigenvalue weighted by Gasteiger charge is -2.37. The van der Waals surface area contributed by atoms with Gasteiger partial charge in [0.1, 0.15) is 12.6 Å². The predicted octanol–water partition coefficient (Wildman–Crippen LogP) is 2.23. The second kappa shape index (κ2) is 9.59. The van der Waals surface area contributed by atoms with E-state index in [1.165, 1.54) is 16.7 Å². The number of hydrogen-bond donors (Lipinski definition) is 1. The molecule has 8 nitrogen and oxygen atoms in total. The predicted molar refractivity (Wildman–Crippen MR) is 140 cm³/mol. The SMILES string of the molecule is CCN(CC)c1ccc(N2CC=C[C@]34S[C@@H]5C=CCOC(=O)[C@@H]5[C@H]3C(=O)N([C@H](C)CO)C4C2=O)cc1. The number of carbonyl (C=O) groups excluding carboxylic acids is 3. The number of cyclic esters (lactones) is 1. The van der Waals surface area contributed by atoms with Crippen molar-refractivity contribution in [2.75, 3.05) is 42.6 Å². The summed E-state index contributed by atoms with van der Waals surface area (Å²) in [5, 5.41) is 9.76. The average molecular weight is 512 g/mol. The molecule has 6 atom stereocenters. The first-order valence-electron chi connectivity index (χ1n) is 12.7. The van der Waals surface area contributed by atoms with Gasteiger partial charge in [0.25, 0.3) is 5.91 Å². The van der Waals surface area contributed by atoms with Gasteiger partial charge in [0, 0.05) is 36.3 Å². The van der Waals surface area contributed by atoms with Crippen LogP contribution in [0.4, 0.5) is 11.4 Å².